The molecule has 0 bridgehead atoms. The Morgan fingerprint density at radius 1 is 1.18 bits per heavy atom. The highest BCUT2D eigenvalue weighted by Crippen LogP contribution is 2.31. The van der Waals surface area contributed by atoms with E-state index in [0.29, 0.717) is 12.8 Å². The lowest BCUT2D eigenvalue weighted by molar-refractivity contribution is -0.145. The molecule has 2 N–H and O–H groups in total. The molecular weight excluding hydrogens is 216 g/mol. The number of imide groups is 1. The lowest BCUT2D eigenvalue weighted by Gasteiger charge is -2.36. The molecule has 4 heteroatoms. The van der Waals surface area contributed by atoms with Crippen molar-refractivity contribution in [3.8, 4) is 0 Å². The summed E-state index contributed by atoms with van der Waals surface area (Å²) in [5, 5.41) is 0. The Hall–Kier alpha value is -1.68. The topological polar surface area (TPSA) is 63.4 Å². The predicted octanol–water partition coefficient (Wildman–Crippen LogP) is 1.01. The number of rotatable bonds is 3. The van der Waals surface area contributed by atoms with Crippen LogP contribution in [0.25, 0.3) is 0 Å². The van der Waals surface area contributed by atoms with Crippen molar-refractivity contribution in [2.75, 3.05) is 6.54 Å². The van der Waals surface area contributed by atoms with Crippen LogP contribution >= 0.6 is 0 Å². The van der Waals surface area contributed by atoms with Gasteiger partial charge in [0.05, 0.1) is 5.54 Å². The number of amides is 2. The molecule has 0 radical (unpaired) electrons. The second kappa shape index (κ2) is 4.30. The molecule has 0 aromatic heterocycles. The summed E-state index contributed by atoms with van der Waals surface area (Å²) < 4.78 is 0. The maximum Gasteiger partial charge on any atom is 0.230 e. The largest absolute Gasteiger partial charge is 0.328 e. The van der Waals surface area contributed by atoms with Crippen molar-refractivity contribution in [3.63, 3.8) is 0 Å². The molecule has 2 amide bonds. The minimum atomic E-state index is -0.730. The third kappa shape index (κ3) is 1.85. The number of carbonyl (C=O) groups is 2. The van der Waals surface area contributed by atoms with E-state index in [0.717, 1.165) is 5.56 Å². The first-order valence-corrected chi connectivity index (χ1v) is 5.71. The highest BCUT2D eigenvalue weighted by molar-refractivity contribution is 6.02. The molecule has 1 unspecified atom stereocenters. The monoisotopic (exact) mass is 232 g/mol. The van der Waals surface area contributed by atoms with Crippen LogP contribution in [-0.4, -0.2) is 23.3 Å². The Balaban J connectivity index is 2.44. The fourth-order valence-electron chi connectivity index (χ4n) is 2.26. The highest BCUT2D eigenvalue weighted by Gasteiger charge is 2.43. The van der Waals surface area contributed by atoms with Gasteiger partial charge in [-0.15, -0.1) is 0 Å². The molecule has 1 heterocycles. The van der Waals surface area contributed by atoms with Crippen LogP contribution in [0.5, 0.6) is 0 Å². The summed E-state index contributed by atoms with van der Waals surface area (Å²) in [5.41, 5.74) is 5.96. The van der Waals surface area contributed by atoms with Crippen molar-refractivity contribution >= 4 is 11.8 Å². The van der Waals surface area contributed by atoms with Gasteiger partial charge in [-0.05, 0) is 12.5 Å². The van der Waals surface area contributed by atoms with Gasteiger partial charge in [0.2, 0.25) is 11.8 Å². The summed E-state index contributed by atoms with van der Waals surface area (Å²) in [4.78, 5) is 24.9. The third-order valence-corrected chi connectivity index (χ3v) is 3.34. The van der Waals surface area contributed by atoms with Crippen LogP contribution in [0.2, 0.25) is 0 Å². The molecule has 90 valence electrons. The van der Waals surface area contributed by atoms with Gasteiger partial charge >= 0.3 is 0 Å². The van der Waals surface area contributed by atoms with Gasteiger partial charge in [-0.25, -0.2) is 0 Å². The number of benzene rings is 1. The van der Waals surface area contributed by atoms with Gasteiger partial charge < -0.3 is 5.73 Å². The number of hydrogen-bond donors (Lipinski definition) is 1. The first kappa shape index (κ1) is 11.8. The van der Waals surface area contributed by atoms with Gasteiger partial charge in [-0.3, -0.25) is 14.5 Å². The van der Waals surface area contributed by atoms with Crippen molar-refractivity contribution in [2.45, 2.75) is 25.3 Å². The van der Waals surface area contributed by atoms with Crippen LogP contribution in [0.4, 0.5) is 0 Å². The minimum Gasteiger partial charge on any atom is -0.328 e. The Morgan fingerprint density at radius 2 is 1.71 bits per heavy atom. The van der Waals surface area contributed by atoms with Gasteiger partial charge in [-0.1, -0.05) is 30.3 Å². The molecule has 1 aromatic carbocycles. The van der Waals surface area contributed by atoms with Gasteiger partial charge in [0.25, 0.3) is 0 Å². The van der Waals surface area contributed by atoms with E-state index < -0.39 is 5.54 Å². The molecule has 0 aliphatic carbocycles. The summed E-state index contributed by atoms with van der Waals surface area (Å²) in [6.07, 6.45) is 0.586. The van der Waals surface area contributed by atoms with E-state index in [-0.39, 0.29) is 18.4 Å². The van der Waals surface area contributed by atoms with Crippen LogP contribution in [0, 0.1) is 0 Å². The molecule has 2 rings (SSSR count). The average molecular weight is 232 g/mol. The summed E-state index contributed by atoms with van der Waals surface area (Å²) in [5.74, 6) is -0.265. The standard InChI is InChI=1S/C13H16N2O2/c1-13(9-14,10-5-3-2-4-6-10)15-11(16)7-8-12(15)17/h2-6H,7-9,14H2,1H3. The summed E-state index contributed by atoms with van der Waals surface area (Å²) >= 11 is 0. The molecule has 1 atom stereocenters. The van der Waals surface area contributed by atoms with Crippen molar-refractivity contribution < 1.29 is 9.59 Å². The second-order valence-corrected chi connectivity index (χ2v) is 4.47. The van der Waals surface area contributed by atoms with Crippen LogP contribution in [0.1, 0.15) is 25.3 Å². The number of nitrogens with two attached hydrogens (primary N) is 1. The first-order chi connectivity index (χ1) is 8.09. The maximum absolute atomic E-state index is 11.8. The van der Waals surface area contributed by atoms with E-state index in [9.17, 15) is 9.59 Å². The van der Waals surface area contributed by atoms with Gasteiger partial charge in [0.15, 0.2) is 0 Å². The van der Waals surface area contributed by atoms with Gasteiger partial charge in [-0.2, -0.15) is 0 Å². The molecule has 4 nitrogen and oxygen atoms in total. The molecule has 1 aliphatic rings. The summed E-state index contributed by atoms with van der Waals surface area (Å²) in [6, 6.07) is 9.45. The molecule has 1 fully saturated rings. The Kier molecular flexibility index (Phi) is 2.98. The predicted molar refractivity (Wildman–Crippen MR) is 63.9 cm³/mol. The lowest BCUT2D eigenvalue weighted by Crippen LogP contribution is -2.51. The zero-order chi connectivity index (χ0) is 12.5. The zero-order valence-electron chi connectivity index (χ0n) is 9.85. The molecule has 17 heavy (non-hydrogen) atoms. The Morgan fingerprint density at radius 3 is 2.18 bits per heavy atom. The maximum atomic E-state index is 11.8. The number of hydrogen-bond acceptors (Lipinski definition) is 3. The molecule has 1 saturated heterocycles. The smallest absolute Gasteiger partial charge is 0.230 e. The normalized spacial score (nSPS) is 19.5. The Labute approximate surface area is 100 Å². The first-order valence-electron chi connectivity index (χ1n) is 5.71. The quantitative estimate of drug-likeness (QED) is 0.791. The van der Waals surface area contributed by atoms with Crippen molar-refractivity contribution in [3.05, 3.63) is 35.9 Å². The van der Waals surface area contributed by atoms with Gasteiger partial charge in [0.1, 0.15) is 0 Å². The SMILES string of the molecule is CC(CN)(c1ccccc1)N1C(=O)CCC1=O. The number of likely N-dealkylation sites (tertiary alicyclic amines) is 1. The zero-order valence-corrected chi connectivity index (χ0v) is 9.85. The van der Waals surface area contributed by atoms with Gasteiger partial charge in [0, 0.05) is 19.4 Å². The molecule has 1 aromatic rings. The third-order valence-electron chi connectivity index (χ3n) is 3.34. The molecule has 0 spiro atoms. The van der Waals surface area contributed by atoms with Crippen LogP contribution in [0.3, 0.4) is 0 Å². The van der Waals surface area contributed by atoms with E-state index in [1.54, 1.807) is 0 Å². The van der Waals surface area contributed by atoms with Crippen LogP contribution in [0.15, 0.2) is 30.3 Å². The van der Waals surface area contributed by atoms with E-state index in [1.165, 1.54) is 4.90 Å². The number of carbonyl (C=O) groups excluding carboxylic acids is 2. The van der Waals surface area contributed by atoms with Crippen LogP contribution in [-0.2, 0) is 15.1 Å². The Bertz CT molecular complexity index is 428. The van der Waals surface area contributed by atoms with E-state index in [4.69, 9.17) is 5.73 Å². The van der Waals surface area contributed by atoms with E-state index in [1.807, 2.05) is 37.3 Å². The highest BCUT2D eigenvalue weighted by atomic mass is 16.2. The van der Waals surface area contributed by atoms with E-state index >= 15 is 0 Å². The fraction of sp³-hybridized carbons (Fsp3) is 0.385. The van der Waals surface area contributed by atoms with Crippen molar-refractivity contribution in [1.82, 2.24) is 4.90 Å². The average Bonchev–Trinajstić information content (AvgIpc) is 2.70. The van der Waals surface area contributed by atoms with Crippen molar-refractivity contribution in [2.24, 2.45) is 5.73 Å². The lowest BCUT2D eigenvalue weighted by atomic mass is 9.90. The molecule has 0 saturated carbocycles. The molecular formula is C13H16N2O2. The minimum absolute atomic E-state index is 0.133. The number of nitrogens with zero attached hydrogens (tertiary/aromatic N) is 1. The summed E-state index contributed by atoms with van der Waals surface area (Å²) in [6.45, 7) is 2.07. The van der Waals surface area contributed by atoms with Crippen LogP contribution < -0.4 is 5.73 Å². The molecule has 1 aliphatic heterocycles. The van der Waals surface area contributed by atoms with E-state index in [2.05, 4.69) is 0 Å². The second-order valence-electron chi connectivity index (χ2n) is 4.47. The fourth-order valence-corrected chi connectivity index (χ4v) is 2.26. The summed E-state index contributed by atoms with van der Waals surface area (Å²) in [7, 11) is 0. The van der Waals surface area contributed by atoms with Crippen molar-refractivity contribution in [1.29, 1.82) is 0 Å².